The van der Waals surface area contributed by atoms with E-state index in [1.807, 2.05) is 12.1 Å². The molecule has 1 aromatic heterocycles. The lowest BCUT2D eigenvalue weighted by molar-refractivity contribution is 1.01. The van der Waals surface area contributed by atoms with Gasteiger partial charge in [0.2, 0.25) is 5.13 Å². The Morgan fingerprint density at radius 1 is 1.14 bits per heavy atom. The van der Waals surface area contributed by atoms with Crippen LogP contribution >= 0.6 is 39.0 Å². The Bertz CT molecular complexity index is 756. The second kappa shape index (κ2) is 7.26. The highest BCUT2D eigenvalue weighted by atomic mass is 79.9. The zero-order chi connectivity index (χ0) is 15.4. The van der Waals surface area contributed by atoms with Crippen LogP contribution in [0.4, 0.5) is 10.8 Å². The number of hydrogen-bond donors (Lipinski definition) is 1. The standard InChI is InChI=1S/C16H14BrN3S2/c1-11-3-2-4-14(9-11)18-15-19-20-16(22-15)21-10-12-5-7-13(17)8-6-12/h2-9H,10H2,1H3,(H,18,19). The van der Waals surface area contributed by atoms with Gasteiger partial charge < -0.3 is 5.32 Å². The first-order valence-electron chi connectivity index (χ1n) is 6.73. The average Bonchev–Trinajstić information content (AvgIpc) is 2.94. The summed E-state index contributed by atoms with van der Waals surface area (Å²) in [6, 6.07) is 16.6. The van der Waals surface area contributed by atoms with Crippen LogP contribution in [-0.4, -0.2) is 10.2 Å². The Morgan fingerprint density at radius 2 is 1.95 bits per heavy atom. The van der Waals surface area contributed by atoms with Crippen molar-refractivity contribution in [3.63, 3.8) is 0 Å². The maximum Gasteiger partial charge on any atom is 0.210 e. The Hall–Kier alpha value is -1.37. The third-order valence-electron chi connectivity index (χ3n) is 2.95. The molecule has 0 unspecified atom stereocenters. The second-order valence-corrected chi connectivity index (χ2v) is 7.90. The van der Waals surface area contributed by atoms with E-state index in [0.29, 0.717) is 0 Å². The molecule has 3 aromatic rings. The first-order chi connectivity index (χ1) is 10.7. The average molecular weight is 392 g/mol. The van der Waals surface area contributed by atoms with Crippen molar-refractivity contribution < 1.29 is 0 Å². The van der Waals surface area contributed by atoms with Gasteiger partial charge in [-0.1, -0.05) is 63.3 Å². The number of nitrogens with one attached hydrogen (secondary N) is 1. The van der Waals surface area contributed by atoms with E-state index in [0.717, 1.165) is 25.4 Å². The fourth-order valence-electron chi connectivity index (χ4n) is 1.89. The van der Waals surface area contributed by atoms with Crippen LogP contribution in [0, 0.1) is 6.92 Å². The molecule has 0 bridgehead atoms. The SMILES string of the molecule is Cc1cccc(Nc2nnc(SCc3ccc(Br)cc3)s2)c1. The summed E-state index contributed by atoms with van der Waals surface area (Å²) in [6.45, 7) is 2.07. The van der Waals surface area contributed by atoms with E-state index < -0.39 is 0 Å². The third-order valence-corrected chi connectivity index (χ3v) is 5.52. The van der Waals surface area contributed by atoms with Gasteiger partial charge in [-0.25, -0.2) is 0 Å². The monoisotopic (exact) mass is 391 g/mol. The molecule has 6 heteroatoms. The summed E-state index contributed by atoms with van der Waals surface area (Å²) < 4.78 is 2.07. The lowest BCUT2D eigenvalue weighted by Crippen LogP contribution is -1.89. The number of rotatable bonds is 5. The van der Waals surface area contributed by atoms with Crippen molar-refractivity contribution in [3.8, 4) is 0 Å². The van der Waals surface area contributed by atoms with Gasteiger partial charge >= 0.3 is 0 Å². The van der Waals surface area contributed by atoms with E-state index in [1.165, 1.54) is 11.1 Å². The predicted molar refractivity (Wildman–Crippen MR) is 98.1 cm³/mol. The number of thioether (sulfide) groups is 1. The fourth-order valence-corrected chi connectivity index (χ4v) is 3.88. The van der Waals surface area contributed by atoms with Gasteiger partial charge in [0.25, 0.3) is 0 Å². The highest BCUT2D eigenvalue weighted by Gasteiger charge is 2.06. The van der Waals surface area contributed by atoms with Crippen molar-refractivity contribution in [1.29, 1.82) is 0 Å². The van der Waals surface area contributed by atoms with Crippen molar-refractivity contribution in [2.75, 3.05) is 5.32 Å². The molecule has 0 aliphatic rings. The summed E-state index contributed by atoms with van der Waals surface area (Å²) in [4.78, 5) is 0. The molecule has 3 rings (SSSR count). The zero-order valence-electron chi connectivity index (χ0n) is 11.9. The normalized spacial score (nSPS) is 10.6. The van der Waals surface area contributed by atoms with Gasteiger partial charge in [-0.2, -0.15) is 0 Å². The highest BCUT2D eigenvalue weighted by molar-refractivity contribution is 9.10. The predicted octanol–water partition coefficient (Wildman–Crippen LogP) is 5.64. The van der Waals surface area contributed by atoms with Crippen LogP contribution in [0.2, 0.25) is 0 Å². The molecule has 0 aliphatic carbocycles. The summed E-state index contributed by atoms with van der Waals surface area (Å²) >= 11 is 6.73. The number of halogens is 1. The van der Waals surface area contributed by atoms with Gasteiger partial charge in [0, 0.05) is 15.9 Å². The van der Waals surface area contributed by atoms with Gasteiger partial charge in [0.1, 0.15) is 0 Å². The third kappa shape index (κ3) is 4.32. The molecule has 0 saturated carbocycles. The van der Waals surface area contributed by atoms with Crippen molar-refractivity contribution in [3.05, 3.63) is 64.1 Å². The van der Waals surface area contributed by atoms with Gasteiger partial charge in [-0.3, -0.25) is 0 Å². The van der Waals surface area contributed by atoms with Crippen LogP contribution in [0.3, 0.4) is 0 Å². The van der Waals surface area contributed by atoms with Gasteiger partial charge in [0.05, 0.1) is 0 Å². The van der Waals surface area contributed by atoms with Crippen LogP contribution in [0.5, 0.6) is 0 Å². The van der Waals surface area contributed by atoms with Crippen molar-refractivity contribution in [1.82, 2.24) is 10.2 Å². The quantitative estimate of drug-likeness (QED) is 0.570. The molecule has 0 saturated heterocycles. The highest BCUT2D eigenvalue weighted by Crippen LogP contribution is 2.30. The molecular formula is C16H14BrN3S2. The van der Waals surface area contributed by atoms with Crippen molar-refractivity contribution in [2.45, 2.75) is 17.0 Å². The van der Waals surface area contributed by atoms with Crippen LogP contribution in [0.25, 0.3) is 0 Å². The lowest BCUT2D eigenvalue weighted by Gasteiger charge is -2.02. The number of benzene rings is 2. The van der Waals surface area contributed by atoms with Gasteiger partial charge in [0.15, 0.2) is 4.34 Å². The fraction of sp³-hybridized carbons (Fsp3) is 0.125. The number of nitrogens with zero attached hydrogens (tertiary/aromatic N) is 2. The molecule has 2 aromatic carbocycles. The van der Waals surface area contributed by atoms with E-state index in [4.69, 9.17) is 0 Å². The molecule has 3 nitrogen and oxygen atoms in total. The molecule has 1 heterocycles. The summed E-state index contributed by atoms with van der Waals surface area (Å²) in [5, 5.41) is 12.5. The van der Waals surface area contributed by atoms with Gasteiger partial charge in [-0.15, -0.1) is 10.2 Å². The van der Waals surface area contributed by atoms with Gasteiger partial charge in [-0.05, 0) is 42.3 Å². The summed E-state index contributed by atoms with van der Waals surface area (Å²) in [5.41, 5.74) is 3.54. The van der Waals surface area contributed by atoms with E-state index in [1.54, 1.807) is 23.1 Å². The minimum atomic E-state index is 0.823. The maximum atomic E-state index is 4.23. The minimum Gasteiger partial charge on any atom is -0.330 e. The van der Waals surface area contributed by atoms with Crippen LogP contribution < -0.4 is 5.32 Å². The van der Waals surface area contributed by atoms with Crippen LogP contribution in [0.1, 0.15) is 11.1 Å². The Morgan fingerprint density at radius 3 is 2.73 bits per heavy atom. The molecular weight excluding hydrogens is 378 g/mol. The van der Waals surface area contributed by atoms with E-state index >= 15 is 0 Å². The Balaban J connectivity index is 1.60. The number of aryl methyl sites for hydroxylation is 1. The molecule has 0 amide bonds. The summed E-state index contributed by atoms with van der Waals surface area (Å²) in [5.74, 6) is 0.895. The molecule has 112 valence electrons. The van der Waals surface area contributed by atoms with Crippen molar-refractivity contribution >= 4 is 49.8 Å². The largest absolute Gasteiger partial charge is 0.330 e. The molecule has 0 aliphatic heterocycles. The van der Waals surface area contributed by atoms with E-state index in [-0.39, 0.29) is 0 Å². The maximum absolute atomic E-state index is 4.23. The molecule has 0 fully saturated rings. The summed E-state index contributed by atoms with van der Waals surface area (Å²) in [6.07, 6.45) is 0. The number of hydrogen-bond acceptors (Lipinski definition) is 5. The smallest absolute Gasteiger partial charge is 0.210 e. The first kappa shape index (κ1) is 15.5. The minimum absolute atomic E-state index is 0.823. The van der Waals surface area contributed by atoms with Crippen molar-refractivity contribution in [2.24, 2.45) is 0 Å². The zero-order valence-corrected chi connectivity index (χ0v) is 15.1. The Kier molecular flexibility index (Phi) is 5.12. The number of anilines is 2. The second-order valence-electron chi connectivity index (χ2n) is 4.78. The topological polar surface area (TPSA) is 37.8 Å². The van der Waals surface area contributed by atoms with Crippen LogP contribution in [-0.2, 0) is 5.75 Å². The first-order valence-corrected chi connectivity index (χ1v) is 9.33. The molecule has 0 atom stereocenters. The van der Waals surface area contributed by atoms with Crippen LogP contribution in [0.15, 0.2) is 57.3 Å². The summed E-state index contributed by atoms with van der Waals surface area (Å²) in [7, 11) is 0. The molecule has 22 heavy (non-hydrogen) atoms. The molecule has 0 radical (unpaired) electrons. The lowest BCUT2D eigenvalue weighted by atomic mass is 10.2. The van der Waals surface area contributed by atoms with E-state index in [2.05, 4.69) is 74.8 Å². The number of aromatic nitrogens is 2. The van der Waals surface area contributed by atoms with E-state index in [9.17, 15) is 0 Å². The Labute approximate surface area is 146 Å². The molecule has 1 N–H and O–H groups in total. The molecule has 0 spiro atoms.